The summed E-state index contributed by atoms with van der Waals surface area (Å²) >= 11 is 0. The fraction of sp³-hybridized carbons (Fsp3) is 0.474. The molecule has 1 aliphatic rings. The highest BCUT2D eigenvalue weighted by molar-refractivity contribution is 5.50. The Morgan fingerprint density at radius 3 is 2.80 bits per heavy atom. The number of hydrogen-bond acceptors (Lipinski definition) is 6. The number of aromatic nitrogens is 2. The minimum Gasteiger partial charge on any atom is -0.394 e. The maximum absolute atomic E-state index is 9.52. The van der Waals surface area contributed by atoms with Crippen molar-refractivity contribution in [3.8, 4) is 0 Å². The Hall–Kier alpha value is -2.18. The summed E-state index contributed by atoms with van der Waals surface area (Å²) in [6, 6.07) is 12.9. The van der Waals surface area contributed by atoms with Crippen molar-refractivity contribution in [2.75, 3.05) is 44.0 Å². The average Bonchev–Trinajstić information content (AvgIpc) is 3.11. The van der Waals surface area contributed by atoms with Crippen molar-refractivity contribution in [3.63, 3.8) is 0 Å². The highest BCUT2D eigenvalue weighted by Crippen LogP contribution is 2.25. The molecule has 3 rings (SSSR count). The van der Waals surface area contributed by atoms with Crippen LogP contribution >= 0.6 is 0 Å². The second-order valence-corrected chi connectivity index (χ2v) is 6.70. The van der Waals surface area contributed by atoms with E-state index in [1.54, 1.807) is 6.33 Å². The van der Waals surface area contributed by atoms with Gasteiger partial charge in [-0.2, -0.15) is 0 Å². The maximum Gasteiger partial charge on any atom is 0.134 e. The molecule has 1 aromatic carbocycles. The molecule has 0 aliphatic carbocycles. The van der Waals surface area contributed by atoms with Gasteiger partial charge in [-0.1, -0.05) is 30.3 Å². The van der Waals surface area contributed by atoms with E-state index in [1.807, 2.05) is 12.1 Å². The van der Waals surface area contributed by atoms with Crippen LogP contribution in [0.3, 0.4) is 0 Å². The monoisotopic (exact) mass is 341 g/mol. The Balaban J connectivity index is 1.69. The molecule has 1 aromatic heterocycles. The van der Waals surface area contributed by atoms with E-state index in [9.17, 15) is 5.11 Å². The predicted molar refractivity (Wildman–Crippen MR) is 101 cm³/mol. The molecule has 1 saturated heterocycles. The second kappa shape index (κ2) is 8.27. The maximum atomic E-state index is 9.52. The fourth-order valence-corrected chi connectivity index (χ4v) is 3.40. The van der Waals surface area contributed by atoms with Crippen LogP contribution < -0.4 is 10.2 Å². The van der Waals surface area contributed by atoms with Crippen LogP contribution in [0.15, 0.2) is 42.7 Å². The minimum atomic E-state index is 0.168. The summed E-state index contributed by atoms with van der Waals surface area (Å²) in [4.78, 5) is 13.1. The number of nitrogens with one attached hydrogen (secondary N) is 1. The lowest BCUT2D eigenvalue weighted by Crippen LogP contribution is -2.33. The Morgan fingerprint density at radius 2 is 2.08 bits per heavy atom. The molecule has 6 heteroatoms. The summed E-state index contributed by atoms with van der Waals surface area (Å²) in [5.41, 5.74) is 1.27. The van der Waals surface area contributed by atoms with Gasteiger partial charge < -0.3 is 20.2 Å². The predicted octanol–water partition coefficient (Wildman–Crippen LogP) is 2.15. The lowest BCUT2D eigenvalue weighted by Gasteiger charge is -2.26. The van der Waals surface area contributed by atoms with Crippen molar-refractivity contribution in [2.24, 2.45) is 0 Å². The third-order valence-electron chi connectivity index (χ3n) is 4.82. The summed E-state index contributed by atoms with van der Waals surface area (Å²) in [6.07, 6.45) is 3.70. The number of rotatable bonds is 7. The fourth-order valence-electron chi connectivity index (χ4n) is 3.40. The molecule has 0 radical (unpaired) electrons. The molecular weight excluding hydrogens is 314 g/mol. The standard InChI is InChI=1S/C19H27N5O/c1-23(2)17(15-7-4-3-5-8-15)12-20-18-11-19(22-14-21-18)24-10-6-9-16(24)13-25/h3-5,7-8,11,14,16-17,25H,6,9-10,12-13H2,1-2H3,(H,20,21,22)/t16-,17-/m1/s1. The molecule has 2 aromatic rings. The van der Waals surface area contributed by atoms with Crippen molar-refractivity contribution in [2.45, 2.75) is 24.9 Å². The number of likely N-dealkylation sites (N-methyl/N-ethyl adjacent to an activating group) is 1. The first-order valence-electron chi connectivity index (χ1n) is 8.84. The van der Waals surface area contributed by atoms with Crippen molar-refractivity contribution in [1.29, 1.82) is 0 Å². The van der Waals surface area contributed by atoms with E-state index in [4.69, 9.17) is 0 Å². The van der Waals surface area contributed by atoms with Gasteiger partial charge in [0.15, 0.2) is 0 Å². The summed E-state index contributed by atoms with van der Waals surface area (Å²) in [6.45, 7) is 1.87. The van der Waals surface area contributed by atoms with E-state index in [0.29, 0.717) is 0 Å². The minimum absolute atomic E-state index is 0.168. The van der Waals surface area contributed by atoms with Crippen LogP contribution in [-0.2, 0) is 0 Å². The second-order valence-electron chi connectivity index (χ2n) is 6.70. The summed E-state index contributed by atoms with van der Waals surface area (Å²) < 4.78 is 0. The third kappa shape index (κ3) is 4.27. The van der Waals surface area contributed by atoms with Crippen molar-refractivity contribution in [3.05, 3.63) is 48.3 Å². The van der Waals surface area contributed by atoms with Gasteiger partial charge in [0.2, 0.25) is 0 Å². The topological polar surface area (TPSA) is 64.5 Å². The Bertz CT molecular complexity index is 664. The van der Waals surface area contributed by atoms with Gasteiger partial charge in [-0.3, -0.25) is 0 Å². The average molecular weight is 341 g/mol. The molecule has 0 amide bonds. The van der Waals surface area contributed by atoms with Gasteiger partial charge in [-0.05, 0) is 32.5 Å². The van der Waals surface area contributed by atoms with Crippen LogP contribution in [-0.4, -0.2) is 59.8 Å². The van der Waals surface area contributed by atoms with Crippen LogP contribution in [0.25, 0.3) is 0 Å². The van der Waals surface area contributed by atoms with Crippen LogP contribution in [0.4, 0.5) is 11.6 Å². The molecule has 0 bridgehead atoms. The van der Waals surface area contributed by atoms with Crippen molar-refractivity contribution < 1.29 is 5.11 Å². The summed E-state index contributed by atoms with van der Waals surface area (Å²) in [7, 11) is 4.17. The molecule has 6 nitrogen and oxygen atoms in total. The molecule has 1 fully saturated rings. The van der Waals surface area contributed by atoms with E-state index >= 15 is 0 Å². The number of anilines is 2. The lowest BCUT2D eigenvalue weighted by molar-refractivity contribution is 0.266. The molecule has 0 spiro atoms. The van der Waals surface area contributed by atoms with Gasteiger partial charge in [0.1, 0.15) is 18.0 Å². The first-order valence-corrected chi connectivity index (χ1v) is 8.84. The first kappa shape index (κ1) is 17.6. The summed E-state index contributed by atoms with van der Waals surface area (Å²) in [5.74, 6) is 1.70. The number of benzene rings is 1. The summed E-state index contributed by atoms with van der Waals surface area (Å²) in [5, 5.41) is 13.0. The van der Waals surface area contributed by atoms with Crippen LogP contribution in [0.5, 0.6) is 0 Å². The highest BCUT2D eigenvalue weighted by Gasteiger charge is 2.25. The number of aliphatic hydroxyl groups excluding tert-OH is 1. The molecule has 2 N–H and O–H groups in total. The Kier molecular flexibility index (Phi) is 5.83. The molecular formula is C19H27N5O. The molecule has 2 heterocycles. The quantitative estimate of drug-likeness (QED) is 0.805. The number of hydrogen-bond donors (Lipinski definition) is 2. The van der Waals surface area contributed by atoms with Crippen LogP contribution in [0.2, 0.25) is 0 Å². The largest absolute Gasteiger partial charge is 0.394 e. The normalized spacial score (nSPS) is 18.6. The number of nitrogens with zero attached hydrogens (tertiary/aromatic N) is 4. The zero-order valence-electron chi connectivity index (χ0n) is 15.0. The van der Waals surface area contributed by atoms with Gasteiger partial charge >= 0.3 is 0 Å². The first-order chi connectivity index (χ1) is 12.2. The molecule has 1 aliphatic heterocycles. The molecule has 134 valence electrons. The van der Waals surface area contributed by atoms with Crippen LogP contribution in [0.1, 0.15) is 24.4 Å². The van der Waals surface area contributed by atoms with Crippen molar-refractivity contribution >= 4 is 11.6 Å². The zero-order chi connectivity index (χ0) is 17.6. The SMILES string of the molecule is CN(C)[C@H](CNc1cc(N2CCC[C@@H]2CO)ncn1)c1ccccc1. The highest BCUT2D eigenvalue weighted by atomic mass is 16.3. The Morgan fingerprint density at radius 1 is 1.28 bits per heavy atom. The Labute approximate surface area is 149 Å². The van der Waals surface area contributed by atoms with Gasteiger partial charge in [0, 0.05) is 19.2 Å². The molecule has 0 saturated carbocycles. The van der Waals surface area contributed by atoms with E-state index in [1.165, 1.54) is 5.56 Å². The van der Waals surface area contributed by atoms with Gasteiger partial charge in [-0.25, -0.2) is 9.97 Å². The number of aliphatic hydroxyl groups is 1. The van der Waals surface area contributed by atoms with Gasteiger partial charge in [0.25, 0.3) is 0 Å². The lowest BCUT2D eigenvalue weighted by atomic mass is 10.1. The van der Waals surface area contributed by atoms with Crippen LogP contribution in [0, 0.1) is 0 Å². The smallest absolute Gasteiger partial charge is 0.134 e. The molecule has 0 unspecified atom stereocenters. The van der Waals surface area contributed by atoms with E-state index < -0.39 is 0 Å². The van der Waals surface area contributed by atoms with Gasteiger partial charge in [0.05, 0.1) is 18.7 Å². The van der Waals surface area contributed by atoms with E-state index in [0.717, 1.165) is 37.6 Å². The van der Waals surface area contributed by atoms with Crippen molar-refractivity contribution in [1.82, 2.24) is 14.9 Å². The van der Waals surface area contributed by atoms with E-state index in [-0.39, 0.29) is 18.7 Å². The molecule has 2 atom stereocenters. The zero-order valence-corrected chi connectivity index (χ0v) is 15.0. The van der Waals surface area contributed by atoms with Gasteiger partial charge in [-0.15, -0.1) is 0 Å². The molecule has 25 heavy (non-hydrogen) atoms. The third-order valence-corrected chi connectivity index (χ3v) is 4.82. The van der Waals surface area contributed by atoms with E-state index in [2.05, 4.69) is 63.4 Å².